The summed E-state index contributed by atoms with van der Waals surface area (Å²) in [7, 11) is -3.44. The van der Waals surface area contributed by atoms with Gasteiger partial charge in [-0.2, -0.15) is 4.31 Å². The Morgan fingerprint density at radius 2 is 2.25 bits per heavy atom. The lowest BCUT2D eigenvalue weighted by atomic mass is 9.96. The number of hydrogen-bond acceptors (Lipinski definition) is 4. The normalized spacial score (nSPS) is 20.6. The number of piperidine rings is 1. The molecule has 1 saturated heterocycles. The van der Waals surface area contributed by atoms with Crippen molar-refractivity contribution in [1.82, 2.24) is 13.9 Å². The molecule has 8 heteroatoms. The lowest BCUT2D eigenvalue weighted by Crippen LogP contribution is -2.40. The zero-order valence-corrected chi connectivity index (χ0v) is 13.4. The van der Waals surface area contributed by atoms with E-state index in [1.165, 1.54) is 0 Å². The molecule has 1 aliphatic rings. The van der Waals surface area contributed by atoms with E-state index in [1.807, 2.05) is 6.92 Å². The summed E-state index contributed by atoms with van der Waals surface area (Å²) in [4.78, 5) is 4.01. The maximum atomic E-state index is 12.5. The Hall–Kier alpha value is -0.630. The van der Waals surface area contributed by atoms with Gasteiger partial charge in [-0.1, -0.05) is 0 Å². The molecule has 0 saturated carbocycles. The fraction of sp³-hybridized carbons (Fsp3) is 0.750. The third kappa shape index (κ3) is 3.72. The summed E-state index contributed by atoms with van der Waals surface area (Å²) in [5.41, 5.74) is 5.56. The van der Waals surface area contributed by atoms with Gasteiger partial charge in [0.2, 0.25) is 0 Å². The quantitative estimate of drug-likeness (QED) is 0.879. The lowest BCUT2D eigenvalue weighted by molar-refractivity contribution is 0.257. The van der Waals surface area contributed by atoms with Crippen molar-refractivity contribution in [3.05, 3.63) is 12.5 Å². The summed E-state index contributed by atoms with van der Waals surface area (Å²) in [5, 5.41) is 0.155. The minimum Gasteiger partial charge on any atom is -0.336 e. The van der Waals surface area contributed by atoms with Crippen LogP contribution in [0.25, 0.3) is 0 Å². The molecule has 2 N–H and O–H groups in total. The lowest BCUT2D eigenvalue weighted by Gasteiger charge is -2.31. The fourth-order valence-corrected chi connectivity index (χ4v) is 3.98. The first-order valence-corrected chi connectivity index (χ1v) is 8.24. The van der Waals surface area contributed by atoms with Crippen molar-refractivity contribution in [2.75, 3.05) is 19.6 Å². The van der Waals surface area contributed by atoms with E-state index in [9.17, 15) is 8.42 Å². The van der Waals surface area contributed by atoms with Crippen LogP contribution in [-0.2, 0) is 16.6 Å². The number of halogens is 1. The van der Waals surface area contributed by atoms with Gasteiger partial charge < -0.3 is 10.3 Å². The van der Waals surface area contributed by atoms with Gasteiger partial charge in [-0.05, 0) is 38.6 Å². The molecule has 0 spiro atoms. The minimum absolute atomic E-state index is 0. The fourth-order valence-electron chi connectivity index (χ4n) is 2.49. The molecule has 1 atom stereocenters. The van der Waals surface area contributed by atoms with Gasteiger partial charge in [-0.15, -0.1) is 12.4 Å². The molecule has 0 radical (unpaired) electrons. The molecule has 2 heterocycles. The van der Waals surface area contributed by atoms with Crippen LogP contribution in [-0.4, -0.2) is 41.9 Å². The zero-order valence-electron chi connectivity index (χ0n) is 11.7. The molecular weight excluding hydrogens is 300 g/mol. The van der Waals surface area contributed by atoms with E-state index in [0.29, 0.717) is 25.6 Å². The van der Waals surface area contributed by atoms with Crippen LogP contribution >= 0.6 is 12.4 Å². The highest BCUT2D eigenvalue weighted by Crippen LogP contribution is 2.24. The Kier molecular flexibility index (Phi) is 6.44. The van der Waals surface area contributed by atoms with Crippen molar-refractivity contribution in [2.24, 2.45) is 11.7 Å². The molecule has 1 fully saturated rings. The van der Waals surface area contributed by atoms with Crippen LogP contribution in [0.15, 0.2) is 17.6 Å². The van der Waals surface area contributed by atoms with E-state index in [4.69, 9.17) is 5.73 Å². The van der Waals surface area contributed by atoms with Crippen molar-refractivity contribution >= 4 is 22.4 Å². The number of aryl methyl sites for hydroxylation is 1. The van der Waals surface area contributed by atoms with Gasteiger partial charge in [0.05, 0.1) is 6.33 Å². The number of aromatic nitrogens is 2. The van der Waals surface area contributed by atoms with Gasteiger partial charge in [0, 0.05) is 25.8 Å². The molecular formula is C12H23ClN4O2S. The van der Waals surface area contributed by atoms with E-state index in [2.05, 4.69) is 4.98 Å². The predicted octanol–water partition coefficient (Wildman–Crippen LogP) is 1.07. The van der Waals surface area contributed by atoms with Crippen molar-refractivity contribution < 1.29 is 8.42 Å². The highest BCUT2D eigenvalue weighted by atomic mass is 35.5. The summed E-state index contributed by atoms with van der Waals surface area (Å²) >= 11 is 0. The van der Waals surface area contributed by atoms with Gasteiger partial charge in [0.15, 0.2) is 5.03 Å². The maximum Gasteiger partial charge on any atom is 0.262 e. The first kappa shape index (κ1) is 17.4. The SMILES string of the molecule is CCn1cnc(S(=O)(=O)N2CCCC(CCN)C2)c1.Cl. The third-order valence-corrected chi connectivity index (χ3v) is 5.39. The van der Waals surface area contributed by atoms with Crippen LogP contribution in [0.3, 0.4) is 0 Å². The molecule has 20 heavy (non-hydrogen) atoms. The van der Waals surface area contributed by atoms with Crippen LogP contribution in [0, 0.1) is 5.92 Å². The van der Waals surface area contributed by atoms with Crippen LogP contribution in [0.5, 0.6) is 0 Å². The molecule has 0 amide bonds. The second kappa shape index (κ2) is 7.40. The first-order chi connectivity index (χ1) is 9.07. The summed E-state index contributed by atoms with van der Waals surface area (Å²) in [6, 6.07) is 0. The number of imidazole rings is 1. The molecule has 2 rings (SSSR count). The Labute approximate surface area is 126 Å². The van der Waals surface area contributed by atoms with E-state index < -0.39 is 10.0 Å². The number of hydrogen-bond donors (Lipinski definition) is 1. The van der Waals surface area contributed by atoms with Crippen molar-refractivity contribution in [3.63, 3.8) is 0 Å². The topological polar surface area (TPSA) is 81.2 Å². The molecule has 0 aliphatic carbocycles. The van der Waals surface area contributed by atoms with E-state index in [1.54, 1.807) is 21.4 Å². The van der Waals surface area contributed by atoms with E-state index in [-0.39, 0.29) is 17.4 Å². The second-order valence-corrected chi connectivity index (χ2v) is 6.88. The van der Waals surface area contributed by atoms with Crippen molar-refractivity contribution in [1.29, 1.82) is 0 Å². The van der Waals surface area contributed by atoms with Gasteiger partial charge in [0.25, 0.3) is 10.0 Å². The molecule has 0 bridgehead atoms. The maximum absolute atomic E-state index is 12.5. The van der Waals surface area contributed by atoms with Crippen LogP contribution in [0.1, 0.15) is 26.2 Å². The largest absolute Gasteiger partial charge is 0.336 e. The van der Waals surface area contributed by atoms with E-state index >= 15 is 0 Å². The average Bonchev–Trinajstić information content (AvgIpc) is 2.89. The van der Waals surface area contributed by atoms with Gasteiger partial charge in [-0.25, -0.2) is 13.4 Å². The van der Waals surface area contributed by atoms with Gasteiger partial charge in [0.1, 0.15) is 0 Å². The molecule has 1 unspecified atom stereocenters. The molecule has 1 aromatic rings. The van der Waals surface area contributed by atoms with Gasteiger partial charge in [-0.3, -0.25) is 0 Å². The number of nitrogens with zero attached hydrogens (tertiary/aromatic N) is 3. The Morgan fingerprint density at radius 3 is 2.85 bits per heavy atom. The summed E-state index contributed by atoms with van der Waals surface area (Å²) in [5.74, 6) is 0.377. The third-order valence-electron chi connectivity index (χ3n) is 3.64. The molecule has 0 aromatic carbocycles. The zero-order chi connectivity index (χ0) is 13.9. The standard InChI is InChI=1S/C12H22N4O2S.ClH/c1-2-15-9-12(14-10-15)19(17,18)16-7-3-4-11(8-16)5-6-13;/h9-11H,2-8,13H2,1H3;1H. The molecule has 1 aliphatic heterocycles. The van der Waals surface area contributed by atoms with Crippen LogP contribution in [0.4, 0.5) is 0 Å². The minimum atomic E-state index is -3.44. The van der Waals surface area contributed by atoms with Gasteiger partial charge >= 0.3 is 0 Å². The monoisotopic (exact) mass is 322 g/mol. The highest BCUT2D eigenvalue weighted by molar-refractivity contribution is 7.89. The predicted molar refractivity (Wildman–Crippen MR) is 80.3 cm³/mol. The Bertz CT molecular complexity index is 515. The smallest absolute Gasteiger partial charge is 0.262 e. The average molecular weight is 323 g/mol. The molecule has 6 nitrogen and oxygen atoms in total. The summed E-state index contributed by atoms with van der Waals surface area (Å²) in [6.45, 7) is 4.44. The molecule has 116 valence electrons. The number of sulfonamides is 1. The molecule has 1 aromatic heterocycles. The first-order valence-electron chi connectivity index (χ1n) is 6.80. The van der Waals surface area contributed by atoms with Crippen LogP contribution in [0.2, 0.25) is 0 Å². The Morgan fingerprint density at radius 1 is 1.50 bits per heavy atom. The second-order valence-electron chi connectivity index (χ2n) is 4.99. The summed E-state index contributed by atoms with van der Waals surface area (Å²) < 4.78 is 28.3. The number of nitrogens with two attached hydrogens (primary N) is 1. The highest BCUT2D eigenvalue weighted by Gasteiger charge is 2.31. The van der Waals surface area contributed by atoms with E-state index in [0.717, 1.165) is 25.8 Å². The number of rotatable bonds is 5. The van der Waals surface area contributed by atoms with Crippen LogP contribution < -0.4 is 5.73 Å². The Balaban J connectivity index is 0.00000200. The van der Waals surface area contributed by atoms with Crippen molar-refractivity contribution in [3.8, 4) is 0 Å². The van der Waals surface area contributed by atoms with Crippen molar-refractivity contribution in [2.45, 2.75) is 37.8 Å². The summed E-state index contributed by atoms with van der Waals surface area (Å²) in [6.07, 6.45) is 6.01.